The SMILES string of the molecule is Cc1cc(F)cc(Nc2ncc(C)c(Nn3c(=O)oc4ccccc43)n2)c1. The lowest BCUT2D eigenvalue weighted by Gasteiger charge is -2.11. The van der Waals surface area contributed by atoms with E-state index >= 15 is 0 Å². The molecule has 2 N–H and O–H groups in total. The van der Waals surface area contributed by atoms with Crippen LogP contribution >= 0.6 is 0 Å². The van der Waals surface area contributed by atoms with E-state index in [1.54, 1.807) is 37.4 Å². The van der Waals surface area contributed by atoms with Gasteiger partial charge in [0.25, 0.3) is 0 Å². The highest BCUT2D eigenvalue weighted by Crippen LogP contribution is 2.20. The quantitative estimate of drug-likeness (QED) is 0.573. The van der Waals surface area contributed by atoms with E-state index < -0.39 is 5.76 Å². The number of anilines is 3. The van der Waals surface area contributed by atoms with Crippen molar-refractivity contribution < 1.29 is 8.81 Å². The van der Waals surface area contributed by atoms with E-state index in [1.807, 2.05) is 13.0 Å². The number of rotatable bonds is 4. The summed E-state index contributed by atoms with van der Waals surface area (Å²) in [5.74, 6) is -0.202. The average molecular weight is 365 g/mol. The summed E-state index contributed by atoms with van der Waals surface area (Å²) in [6.45, 7) is 3.61. The Labute approximate surface area is 153 Å². The number of hydrogen-bond acceptors (Lipinski definition) is 6. The van der Waals surface area contributed by atoms with Gasteiger partial charge >= 0.3 is 5.76 Å². The van der Waals surface area contributed by atoms with Gasteiger partial charge in [-0.2, -0.15) is 9.66 Å². The van der Waals surface area contributed by atoms with Crippen LogP contribution in [0.4, 0.5) is 21.8 Å². The Bertz CT molecular complexity index is 1180. The maximum absolute atomic E-state index is 13.6. The van der Waals surface area contributed by atoms with Gasteiger partial charge in [0.1, 0.15) is 11.3 Å². The number of nitrogens with one attached hydrogen (secondary N) is 2. The molecule has 2 aromatic heterocycles. The first kappa shape index (κ1) is 16.8. The van der Waals surface area contributed by atoms with Gasteiger partial charge in [0, 0.05) is 17.4 Å². The summed E-state index contributed by atoms with van der Waals surface area (Å²) in [6.07, 6.45) is 1.61. The molecule has 0 unspecified atom stereocenters. The summed E-state index contributed by atoms with van der Waals surface area (Å²) >= 11 is 0. The van der Waals surface area contributed by atoms with Crippen LogP contribution in [0, 0.1) is 19.7 Å². The monoisotopic (exact) mass is 365 g/mol. The largest absolute Gasteiger partial charge is 0.439 e. The molecule has 0 amide bonds. The van der Waals surface area contributed by atoms with Crippen LogP contribution in [0.25, 0.3) is 11.1 Å². The number of aryl methyl sites for hydroxylation is 2. The molecule has 0 aliphatic heterocycles. The van der Waals surface area contributed by atoms with Gasteiger partial charge in [-0.15, -0.1) is 0 Å². The van der Waals surface area contributed by atoms with E-state index in [0.29, 0.717) is 22.6 Å². The minimum atomic E-state index is -0.551. The molecule has 7 nitrogen and oxygen atoms in total. The molecule has 136 valence electrons. The molecule has 0 aliphatic rings. The van der Waals surface area contributed by atoms with Crippen LogP contribution in [0.2, 0.25) is 0 Å². The van der Waals surface area contributed by atoms with E-state index in [9.17, 15) is 9.18 Å². The van der Waals surface area contributed by atoms with Crippen LogP contribution in [0.15, 0.2) is 57.9 Å². The van der Waals surface area contributed by atoms with Gasteiger partial charge < -0.3 is 9.73 Å². The van der Waals surface area contributed by atoms with Gasteiger partial charge in [-0.1, -0.05) is 12.1 Å². The van der Waals surface area contributed by atoms with E-state index in [2.05, 4.69) is 20.7 Å². The predicted molar refractivity (Wildman–Crippen MR) is 101 cm³/mol. The molecule has 0 saturated heterocycles. The first-order valence-corrected chi connectivity index (χ1v) is 8.25. The Balaban J connectivity index is 1.68. The first-order chi connectivity index (χ1) is 13.0. The molecule has 8 heteroatoms. The van der Waals surface area contributed by atoms with Crippen LogP contribution in [-0.4, -0.2) is 14.6 Å². The van der Waals surface area contributed by atoms with Crippen molar-refractivity contribution in [1.82, 2.24) is 14.6 Å². The topological polar surface area (TPSA) is 85.0 Å². The second-order valence-electron chi connectivity index (χ2n) is 6.15. The van der Waals surface area contributed by atoms with Crippen LogP contribution in [0.3, 0.4) is 0 Å². The molecule has 0 radical (unpaired) electrons. The third-order valence-corrected chi connectivity index (χ3v) is 3.97. The van der Waals surface area contributed by atoms with Crippen molar-refractivity contribution in [2.24, 2.45) is 0 Å². The maximum atomic E-state index is 13.6. The minimum absolute atomic E-state index is 0.272. The number of benzene rings is 2. The molecule has 4 aromatic rings. The lowest BCUT2D eigenvalue weighted by molar-refractivity contribution is 0.532. The average Bonchev–Trinajstić information content (AvgIpc) is 2.92. The Hall–Kier alpha value is -3.68. The zero-order chi connectivity index (χ0) is 19.0. The van der Waals surface area contributed by atoms with Gasteiger partial charge in [0.2, 0.25) is 5.95 Å². The molecule has 0 bridgehead atoms. The number of para-hydroxylation sites is 2. The van der Waals surface area contributed by atoms with Gasteiger partial charge in [-0.3, -0.25) is 5.43 Å². The van der Waals surface area contributed by atoms with Crippen molar-refractivity contribution in [2.75, 3.05) is 10.7 Å². The Morgan fingerprint density at radius 3 is 2.78 bits per heavy atom. The van der Waals surface area contributed by atoms with Gasteiger partial charge in [0.15, 0.2) is 11.4 Å². The summed E-state index contributed by atoms with van der Waals surface area (Å²) < 4.78 is 20.1. The molecule has 0 atom stereocenters. The smallest absolute Gasteiger partial charge is 0.406 e. The van der Waals surface area contributed by atoms with Gasteiger partial charge in [0.05, 0.1) is 0 Å². The molecule has 0 fully saturated rings. The molecule has 2 aromatic carbocycles. The molecule has 0 aliphatic carbocycles. The fourth-order valence-electron chi connectivity index (χ4n) is 2.73. The van der Waals surface area contributed by atoms with E-state index in [4.69, 9.17) is 4.42 Å². The Morgan fingerprint density at radius 1 is 1.15 bits per heavy atom. The number of halogens is 1. The van der Waals surface area contributed by atoms with Crippen LogP contribution in [0.5, 0.6) is 0 Å². The van der Waals surface area contributed by atoms with Crippen molar-refractivity contribution >= 4 is 28.6 Å². The van der Waals surface area contributed by atoms with Crippen LogP contribution in [-0.2, 0) is 0 Å². The lowest BCUT2D eigenvalue weighted by atomic mass is 10.2. The molecular formula is C19H16FN5O2. The Morgan fingerprint density at radius 2 is 1.96 bits per heavy atom. The molecule has 0 saturated carbocycles. The van der Waals surface area contributed by atoms with Crippen molar-refractivity contribution in [3.8, 4) is 0 Å². The standard InChI is InChI=1S/C19H16FN5O2/c1-11-7-13(20)9-14(8-11)22-18-21-10-12(2)17(23-18)24-25-15-5-3-4-6-16(15)27-19(25)26/h3-10H,1-2H3,(H2,21,22,23,24). The number of hydrogen-bond donors (Lipinski definition) is 2. The maximum Gasteiger partial charge on any atom is 0.439 e. The third-order valence-electron chi connectivity index (χ3n) is 3.97. The summed E-state index contributed by atoms with van der Waals surface area (Å²) in [5.41, 5.74) is 6.06. The molecule has 0 spiro atoms. The third kappa shape index (κ3) is 3.37. The highest BCUT2D eigenvalue weighted by Gasteiger charge is 2.11. The summed E-state index contributed by atoms with van der Waals surface area (Å²) in [5, 5.41) is 2.97. The summed E-state index contributed by atoms with van der Waals surface area (Å²) in [4.78, 5) is 20.7. The summed E-state index contributed by atoms with van der Waals surface area (Å²) in [6, 6.07) is 11.6. The number of aromatic nitrogens is 3. The highest BCUT2D eigenvalue weighted by molar-refractivity contribution is 5.73. The highest BCUT2D eigenvalue weighted by atomic mass is 19.1. The second kappa shape index (κ2) is 6.56. The summed E-state index contributed by atoms with van der Waals surface area (Å²) in [7, 11) is 0. The van der Waals surface area contributed by atoms with E-state index in [-0.39, 0.29) is 11.8 Å². The fourth-order valence-corrected chi connectivity index (χ4v) is 2.73. The van der Waals surface area contributed by atoms with Crippen molar-refractivity contribution in [3.05, 3.63) is 76.2 Å². The van der Waals surface area contributed by atoms with Gasteiger partial charge in [-0.05, 0) is 49.7 Å². The van der Waals surface area contributed by atoms with E-state index in [0.717, 1.165) is 11.1 Å². The van der Waals surface area contributed by atoms with Crippen LogP contribution in [0.1, 0.15) is 11.1 Å². The van der Waals surface area contributed by atoms with Crippen LogP contribution < -0.4 is 16.5 Å². The van der Waals surface area contributed by atoms with Crippen molar-refractivity contribution in [2.45, 2.75) is 13.8 Å². The molecule has 4 rings (SSSR count). The van der Waals surface area contributed by atoms with Gasteiger partial charge in [-0.25, -0.2) is 14.2 Å². The normalized spacial score (nSPS) is 10.9. The number of oxazole rings is 1. The number of fused-ring (bicyclic) bond motifs is 1. The first-order valence-electron chi connectivity index (χ1n) is 8.25. The minimum Gasteiger partial charge on any atom is -0.406 e. The molecular weight excluding hydrogens is 349 g/mol. The fraction of sp³-hybridized carbons (Fsp3) is 0.105. The Kier molecular flexibility index (Phi) is 4.08. The molecule has 27 heavy (non-hydrogen) atoms. The zero-order valence-electron chi connectivity index (χ0n) is 14.7. The van der Waals surface area contributed by atoms with Crippen molar-refractivity contribution in [1.29, 1.82) is 0 Å². The van der Waals surface area contributed by atoms with Crippen molar-refractivity contribution in [3.63, 3.8) is 0 Å². The lowest BCUT2D eigenvalue weighted by Crippen LogP contribution is -2.23. The second-order valence-corrected chi connectivity index (χ2v) is 6.15. The predicted octanol–water partition coefficient (Wildman–Crippen LogP) is 3.76. The van der Waals surface area contributed by atoms with E-state index in [1.165, 1.54) is 16.8 Å². The number of nitrogens with zero attached hydrogens (tertiary/aromatic N) is 3. The molecule has 2 heterocycles. The zero-order valence-corrected chi connectivity index (χ0v) is 14.7.